The fourth-order valence-electron chi connectivity index (χ4n) is 6.88. The highest BCUT2D eigenvalue weighted by atomic mass is 127. The van der Waals surface area contributed by atoms with Crippen LogP contribution >= 0.6 is 33.9 Å². The maximum atomic E-state index is 12.4. The Hall–Kier alpha value is -0.690. The van der Waals surface area contributed by atoms with Crippen molar-refractivity contribution in [1.29, 1.82) is 0 Å². The maximum absolute atomic E-state index is 12.4. The molecule has 0 unspecified atom stereocenters. The SMILES string of the molecule is C[C@]12CC[C@@H](NC(=O)c3nccs3)CC1=CC[C@@H]1[C@@H]2CC[C@]2(C)C(I)=CC[C@@H]12. The number of allylic oxidation sites excluding steroid dienone is 3. The van der Waals surface area contributed by atoms with Crippen molar-refractivity contribution in [2.45, 2.75) is 64.8 Å². The van der Waals surface area contributed by atoms with Gasteiger partial charge in [0.15, 0.2) is 5.01 Å². The molecule has 0 saturated heterocycles. The van der Waals surface area contributed by atoms with Crippen LogP contribution in [0.1, 0.15) is 68.6 Å². The smallest absolute Gasteiger partial charge is 0.280 e. The number of amides is 1. The Morgan fingerprint density at radius 1 is 1.18 bits per heavy atom. The lowest BCUT2D eigenvalue weighted by molar-refractivity contribution is -0.0159. The second-order valence-electron chi connectivity index (χ2n) is 9.75. The highest BCUT2D eigenvalue weighted by molar-refractivity contribution is 14.1. The van der Waals surface area contributed by atoms with Crippen molar-refractivity contribution in [2.24, 2.45) is 28.6 Å². The molecule has 5 rings (SSSR count). The molecule has 6 atom stereocenters. The van der Waals surface area contributed by atoms with E-state index in [1.54, 1.807) is 15.3 Å². The summed E-state index contributed by atoms with van der Waals surface area (Å²) >= 11 is 4.03. The molecule has 2 fully saturated rings. The van der Waals surface area contributed by atoms with Crippen molar-refractivity contribution < 1.29 is 4.79 Å². The average Bonchev–Trinajstić information content (AvgIpc) is 3.31. The lowest BCUT2D eigenvalue weighted by Crippen LogP contribution is -2.51. The number of nitrogens with zero attached hydrogens (tertiary/aromatic N) is 1. The molecule has 5 heteroatoms. The molecule has 0 radical (unpaired) electrons. The standard InChI is InChI=1S/C23H29IN2OS/c1-22-9-7-15(26-20(27)21-25-11-12-28-21)13-14(22)3-4-16-17-5-6-19(24)23(17,2)10-8-18(16)22/h3,6,11-12,15-18H,4-5,7-10,13H2,1-2H3,(H,26,27)/t15-,16+,17+,18+,22+,23+/m1/s1. The molecule has 4 aliphatic rings. The monoisotopic (exact) mass is 508 g/mol. The second kappa shape index (κ2) is 6.93. The third kappa shape index (κ3) is 2.86. The van der Waals surface area contributed by atoms with Crippen LogP contribution in [0.25, 0.3) is 0 Å². The molecule has 1 N–H and O–H groups in total. The number of aromatic nitrogens is 1. The normalized spacial score (nSPS) is 42.0. The van der Waals surface area contributed by atoms with Crippen molar-refractivity contribution in [3.8, 4) is 0 Å². The molecule has 0 aliphatic heterocycles. The summed E-state index contributed by atoms with van der Waals surface area (Å²) in [4.78, 5) is 16.6. The summed E-state index contributed by atoms with van der Waals surface area (Å²) in [6, 6.07) is 0.259. The first-order valence-electron chi connectivity index (χ1n) is 10.7. The van der Waals surface area contributed by atoms with Gasteiger partial charge in [0, 0.05) is 23.0 Å². The van der Waals surface area contributed by atoms with E-state index in [2.05, 4.69) is 58.9 Å². The molecule has 1 aromatic heterocycles. The minimum Gasteiger partial charge on any atom is -0.347 e. The largest absolute Gasteiger partial charge is 0.347 e. The molecule has 0 spiro atoms. The predicted molar refractivity (Wildman–Crippen MR) is 123 cm³/mol. The third-order valence-corrected chi connectivity index (χ3v) is 11.0. The molecule has 1 amide bonds. The van der Waals surface area contributed by atoms with E-state index in [1.807, 2.05) is 5.38 Å². The fourth-order valence-corrected chi connectivity index (χ4v) is 8.34. The number of rotatable bonds is 2. The Kier molecular flexibility index (Phi) is 4.77. The summed E-state index contributed by atoms with van der Waals surface area (Å²) in [6.07, 6.45) is 15.3. The van der Waals surface area contributed by atoms with Gasteiger partial charge in [0.2, 0.25) is 0 Å². The molecule has 150 valence electrons. The van der Waals surface area contributed by atoms with Crippen molar-refractivity contribution in [3.63, 3.8) is 0 Å². The Balaban J connectivity index is 1.34. The minimum atomic E-state index is -0.00192. The quantitative estimate of drug-likeness (QED) is 0.386. The Morgan fingerprint density at radius 3 is 2.79 bits per heavy atom. The zero-order valence-corrected chi connectivity index (χ0v) is 19.7. The van der Waals surface area contributed by atoms with Crippen molar-refractivity contribution in [2.75, 3.05) is 0 Å². The van der Waals surface area contributed by atoms with Crippen molar-refractivity contribution >= 4 is 39.8 Å². The van der Waals surface area contributed by atoms with Gasteiger partial charge in [-0.3, -0.25) is 4.79 Å². The van der Waals surface area contributed by atoms with Gasteiger partial charge >= 0.3 is 0 Å². The van der Waals surface area contributed by atoms with Gasteiger partial charge < -0.3 is 5.32 Å². The zero-order chi connectivity index (χ0) is 19.5. The third-order valence-electron chi connectivity index (χ3n) is 8.55. The van der Waals surface area contributed by atoms with Crippen LogP contribution in [0.3, 0.4) is 0 Å². The highest BCUT2D eigenvalue weighted by Crippen LogP contribution is 2.65. The van der Waals surface area contributed by atoms with E-state index in [9.17, 15) is 4.79 Å². The number of hydrogen-bond acceptors (Lipinski definition) is 3. The van der Waals surface area contributed by atoms with E-state index in [1.165, 1.54) is 43.4 Å². The van der Waals surface area contributed by atoms with Crippen LogP contribution in [-0.4, -0.2) is 16.9 Å². The Morgan fingerprint density at radius 2 is 2.00 bits per heavy atom. The average molecular weight is 508 g/mol. The fraction of sp³-hybridized carbons (Fsp3) is 0.652. The number of nitrogens with one attached hydrogen (secondary N) is 1. The van der Waals surface area contributed by atoms with Crippen LogP contribution in [0, 0.1) is 28.6 Å². The first-order valence-corrected chi connectivity index (χ1v) is 12.6. The molecule has 1 aromatic rings. The lowest BCUT2D eigenvalue weighted by Gasteiger charge is -2.57. The summed E-state index contributed by atoms with van der Waals surface area (Å²) in [5, 5.41) is 5.70. The molecular formula is C23H29IN2OS. The van der Waals surface area contributed by atoms with Crippen LogP contribution in [0.4, 0.5) is 0 Å². The van der Waals surface area contributed by atoms with Crippen LogP contribution in [0.15, 0.2) is 32.9 Å². The topological polar surface area (TPSA) is 42.0 Å². The number of carbonyl (C=O) groups excluding carboxylic acids is 1. The number of halogens is 1. The predicted octanol–water partition coefficient (Wildman–Crippen LogP) is 6.13. The molecule has 1 heterocycles. The molecule has 0 aromatic carbocycles. The van der Waals surface area contributed by atoms with Gasteiger partial charge in [0.25, 0.3) is 5.91 Å². The Labute approximate surface area is 185 Å². The lowest BCUT2D eigenvalue weighted by atomic mass is 9.48. The number of thiazole rings is 1. The second-order valence-corrected chi connectivity index (χ2v) is 11.8. The molecular weight excluding hydrogens is 479 g/mol. The summed E-state index contributed by atoms with van der Waals surface area (Å²) in [6.45, 7) is 5.05. The summed E-state index contributed by atoms with van der Waals surface area (Å²) < 4.78 is 1.61. The maximum Gasteiger partial charge on any atom is 0.280 e. The van der Waals surface area contributed by atoms with Crippen LogP contribution < -0.4 is 5.32 Å². The highest BCUT2D eigenvalue weighted by Gasteiger charge is 2.56. The van der Waals surface area contributed by atoms with Gasteiger partial charge in [-0.25, -0.2) is 4.98 Å². The van der Waals surface area contributed by atoms with Crippen molar-refractivity contribution in [3.05, 3.63) is 37.9 Å². The minimum absolute atomic E-state index is 0.00192. The van der Waals surface area contributed by atoms with Crippen LogP contribution in [-0.2, 0) is 0 Å². The number of hydrogen-bond donors (Lipinski definition) is 1. The molecule has 2 saturated carbocycles. The van der Waals surface area contributed by atoms with Crippen molar-refractivity contribution in [1.82, 2.24) is 10.3 Å². The van der Waals surface area contributed by atoms with Crippen LogP contribution in [0.5, 0.6) is 0 Å². The van der Waals surface area contributed by atoms with Gasteiger partial charge in [-0.15, -0.1) is 11.3 Å². The molecule has 3 nitrogen and oxygen atoms in total. The van der Waals surface area contributed by atoms with E-state index in [0.29, 0.717) is 15.8 Å². The van der Waals surface area contributed by atoms with E-state index >= 15 is 0 Å². The summed E-state index contributed by atoms with van der Waals surface area (Å²) in [5.41, 5.74) is 2.39. The summed E-state index contributed by atoms with van der Waals surface area (Å²) in [7, 11) is 0. The number of fused-ring (bicyclic) bond motifs is 5. The van der Waals surface area contributed by atoms with E-state index in [4.69, 9.17) is 0 Å². The van der Waals surface area contributed by atoms with Gasteiger partial charge in [-0.1, -0.05) is 31.6 Å². The van der Waals surface area contributed by atoms with Gasteiger partial charge in [0.1, 0.15) is 0 Å². The van der Waals surface area contributed by atoms with E-state index < -0.39 is 0 Å². The first-order chi connectivity index (χ1) is 13.4. The first kappa shape index (κ1) is 19.3. The van der Waals surface area contributed by atoms with Gasteiger partial charge in [-0.05, 0) is 94.3 Å². The number of carbonyl (C=O) groups is 1. The van der Waals surface area contributed by atoms with Gasteiger partial charge in [0.05, 0.1) is 0 Å². The van der Waals surface area contributed by atoms with Gasteiger partial charge in [-0.2, -0.15) is 0 Å². The molecule has 0 bridgehead atoms. The zero-order valence-electron chi connectivity index (χ0n) is 16.7. The van der Waals surface area contributed by atoms with Crippen LogP contribution in [0.2, 0.25) is 0 Å². The van der Waals surface area contributed by atoms with E-state index in [-0.39, 0.29) is 11.9 Å². The summed E-state index contributed by atoms with van der Waals surface area (Å²) in [5.74, 6) is 2.47. The molecule has 4 aliphatic carbocycles. The van der Waals surface area contributed by atoms with E-state index in [0.717, 1.165) is 30.6 Å². The Bertz CT molecular complexity index is 847. The molecule has 28 heavy (non-hydrogen) atoms.